The molecule has 1 aromatic heterocycles. The number of esters is 1. The number of ether oxygens (including phenoxy) is 1. The molecule has 0 fully saturated rings. The Morgan fingerprint density at radius 3 is 2.42 bits per heavy atom. The number of hydrogen-bond acceptors (Lipinski definition) is 5. The van der Waals surface area contributed by atoms with Crippen LogP contribution in [0.25, 0.3) is 11.5 Å². The second kappa shape index (κ2) is 4.71. The third-order valence-corrected chi connectivity index (χ3v) is 2.25. The summed E-state index contributed by atoms with van der Waals surface area (Å²) in [5.41, 5.74) is -0.514. The summed E-state index contributed by atoms with van der Waals surface area (Å²) in [7, 11) is 1.15. The van der Waals surface area contributed by atoms with Gasteiger partial charge in [0.15, 0.2) is 0 Å². The highest BCUT2D eigenvalue weighted by Crippen LogP contribution is 2.30. The van der Waals surface area contributed by atoms with Crippen molar-refractivity contribution in [2.45, 2.75) is 6.18 Å². The van der Waals surface area contributed by atoms with Gasteiger partial charge in [-0.25, -0.2) is 4.79 Å². The maximum absolute atomic E-state index is 12.4. The molecule has 8 heteroatoms. The topological polar surface area (TPSA) is 65.2 Å². The van der Waals surface area contributed by atoms with Crippen molar-refractivity contribution < 1.29 is 27.2 Å². The van der Waals surface area contributed by atoms with E-state index in [1.165, 1.54) is 12.1 Å². The molecule has 0 atom stereocenters. The van der Waals surface area contributed by atoms with Gasteiger partial charge in [0, 0.05) is 5.56 Å². The van der Waals surface area contributed by atoms with Gasteiger partial charge in [-0.3, -0.25) is 0 Å². The lowest BCUT2D eigenvalue weighted by Gasteiger charge is -2.05. The van der Waals surface area contributed by atoms with Gasteiger partial charge >= 0.3 is 12.1 Å². The van der Waals surface area contributed by atoms with Crippen LogP contribution in [-0.2, 0) is 10.9 Å². The number of carbonyl (C=O) groups is 1. The molecule has 0 saturated heterocycles. The average molecular weight is 272 g/mol. The fourth-order valence-corrected chi connectivity index (χ4v) is 1.32. The van der Waals surface area contributed by atoms with E-state index in [-0.39, 0.29) is 17.3 Å². The lowest BCUT2D eigenvalue weighted by molar-refractivity contribution is -0.137. The SMILES string of the molecule is COC(=O)c1noc(-c2ccc(C(F)(F)F)cc2)n1. The van der Waals surface area contributed by atoms with Crippen LogP contribution >= 0.6 is 0 Å². The molecule has 0 N–H and O–H groups in total. The zero-order chi connectivity index (χ0) is 14.0. The summed E-state index contributed by atoms with van der Waals surface area (Å²) >= 11 is 0. The minimum atomic E-state index is -4.41. The van der Waals surface area contributed by atoms with E-state index in [0.29, 0.717) is 0 Å². The highest BCUT2D eigenvalue weighted by atomic mass is 19.4. The molecule has 0 spiro atoms. The van der Waals surface area contributed by atoms with E-state index in [9.17, 15) is 18.0 Å². The fraction of sp³-hybridized carbons (Fsp3) is 0.182. The summed E-state index contributed by atoms with van der Waals surface area (Å²) in [6.45, 7) is 0. The summed E-state index contributed by atoms with van der Waals surface area (Å²) in [5, 5.41) is 3.35. The van der Waals surface area contributed by atoms with Gasteiger partial charge in [0.05, 0.1) is 12.7 Å². The molecule has 2 aromatic rings. The smallest absolute Gasteiger partial charge is 0.416 e. The Morgan fingerprint density at radius 2 is 1.89 bits per heavy atom. The van der Waals surface area contributed by atoms with E-state index in [1.807, 2.05) is 0 Å². The van der Waals surface area contributed by atoms with E-state index in [4.69, 9.17) is 4.52 Å². The first-order valence-electron chi connectivity index (χ1n) is 5.01. The van der Waals surface area contributed by atoms with Crippen LogP contribution in [0.5, 0.6) is 0 Å². The maximum atomic E-state index is 12.4. The Bertz CT molecular complexity index is 590. The van der Waals surface area contributed by atoms with Gasteiger partial charge in [-0.1, -0.05) is 0 Å². The first kappa shape index (κ1) is 13.1. The van der Waals surface area contributed by atoms with Crippen molar-refractivity contribution in [1.29, 1.82) is 0 Å². The van der Waals surface area contributed by atoms with Crippen molar-refractivity contribution in [3.63, 3.8) is 0 Å². The molecular weight excluding hydrogens is 265 g/mol. The second-order valence-corrected chi connectivity index (χ2v) is 3.49. The molecule has 0 aliphatic rings. The van der Waals surface area contributed by atoms with Gasteiger partial charge < -0.3 is 9.26 Å². The third-order valence-electron chi connectivity index (χ3n) is 2.25. The largest absolute Gasteiger partial charge is 0.463 e. The number of rotatable bonds is 2. The van der Waals surface area contributed by atoms with Crippen molar-refractivity contribution >= 4 is 5.97 Å². The van der Waals surface area contributed by atoms with Crippen LogP contribution in [0.2, 0.25) is 0 Å². The molecule has 0 aliphatic carbocycles. The van der Waals surface area contributed by atoms with Crippen LogP contribution in [0.4, 0.5) is 13.2 Å². The lowest BCUT2D eigenvalue weighted by Crippen LogP contribution is -2.04. The summed E-state index contributed by atoms with van der Waals surface area (Å²) in [4.78, 5) is 14.8. The summed E-state index contributed by atoms with van der Waals surface area (Å²) < 4.78 is 46.2. The predicted octanol–water partition coefficient (Wildman–Crippen LogP) is 2.54. The van der Waals surface area contributed by atoms with E-state index in [0.717, 1.165) is 19.2 Å². The first-order valence-corrected chi connectivity index (χ1v) is 5.01. The number of alkyl halides is 3. The zero-order valence-electron chi connectivity index (χ0n) is 9.56. The molecule has 0 radical (unpaired) electrons. The van der Waals surface area contributed by atoms with Crippen LogP contribution < -0.4 is 0 Å². The molecule has 0 unspecified atom stereocenters. The average Bonchev–Trinajstić information content (AvgIpc) is 2.86. The molecule has 0 aliphatic heterocycles. The number of nitrogens with zero attached hydrogens (tertiary/aromatic N) is 2. The fourth-order valence-electron chi connectivity index (χ4n) is 1.32. The number of hydrogen-bond donors (Lipinski definition) is 0. The molecule has 1 aromatic carbocycles. The van der Waals surface area contributed by atoms with Crippen molar-refractivity contribution in [3.05, 3.63) is 35.7 Å². The molecule has 1 heterocycles. The molecule has 19 heavy (non-hydrogen) atoms. The standard InChI is InChI=1S/C11H7F3N2O3/c1-18-10(17)8-15-9(19-16-8)6-2-4-7(5-3-6)11(12,13)14/h2-5H,1H3. The number of methoxy groups -OCH3 is 1. The molecule has 2 rings (SSSR count). The van der Waals surface area contributed by atoms with Gasteiger partial charge in [0.2, 0.25) is 0 Å². The third kappa shape index (κ3) is 2.72. The Balaban J connectivity index is 2.28. The van der Waals surface area contributed by atoms with Crippen molar-refractivity contribution in [2.24, 2.45) is 0 Å². The van der Waals surface area contributed by atoms with Crippen molar-refractivity contribution in [2.75, 3.05) is 7.11 Å². The maximum Gasteiger partial charge on any atom is 0.416 e. The summed E-state index contributed by atoms with van der Waals surface area (Å²) in [5.74, 6) is -1.14. The van der Waals surface area contributed by atoms with Gasteiger partial charge in [-0.05, 0) is 29.4 Å². The quantitative estimate of drug-likeness (QED) is 0.786. The summed E-state index contributed by atoms with van der Waals surface area (Å²) in [6, 6.07) is 4.13. The normalized spacial score (nSPS) is 11.4. The minimum Gasteiger partial charge on any atom is -0.463 e. The molecule has 0 saturated carbocycles. The van der Waals surface area contributed by atoms with E-state index in [2.05, 4.69) is 14.9 Å². The van der Waals surface area contributed by atoms with Crippen molar-refractivity contribution in [1.82, 2.24) is 10.1 Å². The number of benzene rings is 1. The monoisotopic (exact) mass is 272 g/mol. The molecular formula is C11H7F3N2O3. The van der Waals surface area contributed by atoms with Crippen LogP contribution in [0.3, 0.4) is 0 Å². The molecule has 5 nitrogen and oxygen atoms in total. The second-order valence-electron chi connectivity index (χ2n) is 3.49. The first-order chi connectivity index (χ1) is 8.91. The molecule has 0 bridgehead atoms. The predicted molar refractivity (Wildman–Crippen MR) is 56.1 cm³/mol. The highest BCUT2D eigenvalue weighted by molar-refractivity contribution is 5.85. The zero-order valence-corrected chi connectivity index (χ0v) is 9.56. The van der Waals surface area contributed by atoms with Crippen LogP contribution in [0, 0.1) is 0 Å². The number of aromatic nitrogens is 2. The van der Waals surface area contributed by atoms with Gasteiger partial charge in [-0.2, -0.15) is 18.2 Å². The Kier molecular flexibility index (Phi) is 3.24. The molecule has 100 valence electrons. The Hall–Kier alpha value is -2.38. The van der Waals surface area contributed by atoms with E-state index in [1.54, 1.807) is 0 Å². The highest BCUT2D eigenvalue weighted by Gasteiger charge is 2.30. The lowest BCUT2D eigenvalue weighted by atomic mass is 10.1. The van der Waals surface area contributed by atoms with Gasteiger partial charge in [0.25, 0.3) is 11.7 Å². The Labute approximate surface area is 105 Å². The van der Waals surface area contributed by atoms with Crippen LogP contribution in [0.1, 0.15) is 16.2 Å². The minimum absolute atomic E-state index is 0.0610. The Morgan fingerprint density at radius 1 is 1.26 bits per heavy atom. The summed E-state index contributed by atoms with van der Waals surface area (Å²) in [6.07, 6.45) is -4.41. The van der Waals surface area contributed by atoms with Gasteiger partial charge in [0.1, 0.15) is 0 Å². The molecule has 0 amide bonds. The number of carbonyl (C=O) groups excluding carboxylic acids is 1. The van der Waals surface area contributed by atoms with E-state index < -0.39 is 17.7 Å². The van der Waals surface area contributed by atoms with Crippen molar-refractivity contribution in [3.8, 4) is 11.5 Å². The van der Waals surface area contributed by atoms with E-state index >= 15 is 0 Å². The number of halogens is 3. The van der Waals surface area contributed by atoms with Gasteiger partial charge in [-0.15, -0.1) is 0 Å². The van der Waals surface area contributed by atoms with Crippen LogP contribution in [0.15, 0.2) is 28.8 Å². The van der Waals surface area contributed by atoms with Crippen LogP contribution in [-0.4, -0.2) is 23.2 Å².